The smallest absolute Gasteiger partial charge is 0.192 e. The van der Waals surface area contributed by atoms with E-state index < -0.39 is 0 Å². The van der Waals surface area contributed by atoms with Crippen molar-refractivity contribution in [2.45, 2.75) is 12.8 Å². The summed E-state index contributed by atoms with van der Waals surface area (Å²) in [6.07, 6.45) is 26.7. The normalized spacial score (nSPS) is 14.7. The topological polar surface area (TPSA) is 0 Å². The molecule has 2 aliphatic carbocycles. The van der Waals surface area contributed by atoms with Gasteiger partial charge in [-0.1, -0.05) is 25.0 Å². The Morgan fingerprint density at radius 3 is 0.926 bits per heavy atom. The summed E-state index contributed by atoms with van der Waals surface area (Å²) in [5.74, 6) is 0. The van der Waals surface area contributed by atoms with Crippen LogP contribution in [0.5, 0.6) is 0 Å². The van der Waals surface area contributed by atoms with Crippen LogP contribution in [0.3, 0.4) is 0 Å². The molecule has 0 amide bonds. The van der Waals surface area contributed by atoms with Crippen LogP contribution >= 0.6 is 0 Å². The molecule has 2 fully saturated rings. The van der Waals surface area contributed by atoms with Gasteiger partial charge in [0.05, 0.1) is 0 Å². The minimum atomic E-state index is 0. The molecule has 2 aromatic carbocycles. The van der Waals surface area contributed by atoms with Crippen molar-refractivity contribution in [2.75, 3.05) is 0 Å². The third kappa shape index (κ3) is 13.0. The van der Waals surface area contributed by atoms with E-state index in [9.17, 15) is 0 Å². The van der Waals surface area contributed by atoms with Gasteiger partial charge in [0.15, 0.2) is 0 Å². The Kier molecular flexibility index (Phi) is 15.3. The van der Waals surface area contributed by atoms with E-state index in [-0.39, 0.29) is 26.2 Å². The first-order valence-electron chi connectivity index (χ1n) is 9.05. The Morgan fingerprint density at radius 2 is 0.667 bits per heavy atom. The molecule has 0 unspecified atom stereocenters. The van der Waals surface area contributed by atoms with Crippen LogP contribution < -0.4 is 0 Å². The Morgan fingerprint density at radius 1 is 0.407 bits per heavy atom. The van der Waals surface area contributed by atoms with Gasteiger partial charge in [-0.25, -0.2) is 0 Å². The zero-order valence-electron chi connectivity index (χ0n) is 15.6. The summed E-state index contributed by atoms with van der Waals surface area (Å²) in [6, 6.07) is 21.0. The number of hydrogen-bond acceptors (Lipinski definition) is 0. The molecular formula is C26H26Zr. The van der Waals surface area contributed by atoms with Crippen molar-refractivity contribution in [3.05, 3.63) is 149 Å². The fraction of sp³-hybridized carbons (Fsp3) is 0.0769. The van der Waals surface area contributed by atoms with E-state index in [2.05, 4.69) is 61.4 Å². The summed E-state index contributed by atoms with van der Waals surface area (Å²) < 4.78 is 0. The maximum atomic E-state index is 2.28. The van der Waals surface area contributed by atoms with Gasteiger partial charge >= 0.3 is 26.2 Å². The summed E-state index contributed by atoms with van der Waals surface area (Å²) in [5.41, 5.74) is 2.62. The first kappa shape index (κ1) is 24.1. The van der Waals surface area contributed by atoms with Crippen LogP contribution in [0.1, 0.15) is 24.0 Å². The van der Waals surface area contributed by atoms with Gasteiger partial charge in [0.25, 0.3) is 0 Å². The molecule has 0 nitrogen and oxygen atoms in total. The Bertz CT molecular complexity index is 460. The van der Waals surface area contributed by atoms with E-state index in [1.54, 1.807) is 0 Å². The van der Waals surface area contributed by atoms with Crippen molar-refractivity contribution in [2.24, 2.45) is 0 Å². The molecule has 2 aromatic rings. The van der Waals surface area contributed by atoms with Gasteiger partial charge in [-0.05, 0) is 64.2 Å². The van der Waals surface area contributed by atoms with Crippen LogP contribution in [0.25, 0.3) is 0 Å². The first-order chi connectivity index (χ1) is 12.9. The van der Waals surface area contributed by atoms with E-state index in [4.69, 9.17) is 0 Å². The number of rotatable bonds is 5. The number of unbranched alkanes of at least 4 members (excludes halogenated alkanes) is 1. The first-order valence-corrected chi connectivity index (χ1v) is 9.05. The second kappa shape index (κ2) is 17.2. The van der Waals surface area contributed by atoms with Crippen molar-refractivity contribution in [3.63, 3.8) is 0 Å². The molecule has 10 radical (unpaired) electrons. The van der Waals surface area contributed by atoms with Gasteiger partial charge in [0, 0.05) is 0 Å². The molecular weight excluding hydrogens is 404 g/mol. The standard InChI is InChI=1S/C16H16.2C5H5.Zr/c1-3-9-15(10-4-1)13-7-8-14-16-11-5-2-6-12-16;2*1-2-4-5-3-1;/h1-6,9-14H,7-8H2;2*1-5H;/q-2;;;+2. The fourth-order valence-corrected chi connectivity index (χ4v) is 2.32. The van der Waals surface area contributed by atoms with E-state index in [1.165, 1.54) is 11.1 Å². The van der Waals surface area contributed by atoms with Gasteiger partial charge in [-0.2, -0.15) is 48.2 Å². The number of hydrogen-bond donors (Lipinski definition) is 0. The Balaban J connectivity index is 0.000000270. The van der Waals surface area contributed by atoms with Gasteiger partial charge < -0.3 is 0 Å². The predicted octanol–water partition coefficient (Wildman–Crippen LogP) is 6.31. The Hall–Kier alpha value is -0.937. The van der Waals surface area contributed by atoms with Crippen LogP contribution in [0, 0.1) is 77.0 Å². The molecule has 2 saturated carbocycles. The van der Waals surface area contributed by atoms with Gasteiger partial charge in [-0.15, -0.1) is 24.3 Å². The second-order valence-electron chi connectivity index (χ2n) is 5.73. The monoisotopic (exact) mass is 428 g/mol. The third-order valence-electron chi connectivity index (χ3n) is 3.64. The zero-order chi connectivity index (χ0) is 18.1. The Labute approximate surface area is 187 Å². The molecule has 0 aliphatic heterocycles. The van der Waals surface area contributed by atoms with Gasteiger partial charge in [0.1, 0.15) is 0 Å². The van der Waals surface area contributed by atoms with E-state index in [0.717, 1.165) is 12.8 Å². The quantitative estimate of drug-likeness (QED) is 0.386. The number of benzene rings is 2. The third-order valence-corrected chi connectivity index (χ3v) is 3.64. The largest absolute Gasteiger partial charge is 2.00 e. The molecule has 1 heteroatoms. The second-order valence-corrected chi connectivity index (χ2v) is 5.73. The molecule has 2 aliphatic rings. The summed E-state index contributed by atoms with van der Waals surface area (Å²) in [7, 11) is 0. The molecule has 0 atom stereocenters. The molecule has 134 valence electrons. The van der Waals surface area contributed by atoms with E-state index >= 15 is 0 Å². The molecule has 0 N–H and O–H groups in total. The van der Waals surface area contributed by atoms with Crippen molar-refractivity contribution in [3.8, 4) is 0 Å². The minimum Gasteiger partial charge on any atom is -0.192 e. The van der Waals surface area contributed by atoms with Crippen molar-refractivity contribution >= 4 is 0 Å². The maximum Gasteiger partial charge on any atom is 2.00 e. The van der Waals surface area contributed by atoms with Gasteiger partial charge in [0.2, 0.25) is 0 Å². The van der Waals surface area contributed by atoms with Crippen LogP contribution in [-0.4, -0.2) is 0 Å². The van der Waals surface area contributed by atoms with E-state index in [1.807, 2.05) is 76.3 Å². The molecule has 4 rings (SSSR count). The minimum absolute atomic E-state index is 0. The summed E-state index contributed by atoms with van der Waals surface area (Å²) in [5, 5.41) is 0. The average Bonchev–Trinajstić information content (AvgIpc) is 3.46. The fourth-order valence-electron chi connectivity index (χ4n) is 2.32. The molecule has 0 saturated heterocycles. The SMILES string of the molecule is [CH]1[CH][CH][CH][CH]1.[CH]1[CH][CH][CH][CH]1.[Zr+2].c1ccc([CH-]CC[CH-]c2ccccc2)cc1. The van der Waals surface area contributed by atoms with Crippen LogP contribution in [0.15, 0.2) is 60.7 Å². The molecule has 0 aromatic heterocycles. The molecule has 0 heterocycles. The molecule has 0 bridgehead atoms. The van der Waals surface area contributed by atoms with Crippen molar-refractivity contribution < 1.29 is 26.2 Å². The average molecular weight is 430 g/mol. The van der Waals surface area contributed by atoms with Gasteiger partial charge in [-0.3, -0.25) is 0 Å². The molecule has 0 spiro atoms. The van der Waals surface area contributed by atoms with E-state index in [0.29, 0.717) is 0 Å². The summed E-state index contributed by atoms with van der Waals surface area (Å²) >= 11 is 0. The van der Waals surface area contributed by atoms with Crippen LogP contribution in [0.2, 0.25) is 0 Å². The zero-order valence-corrected chi connectivity index (χ0v) is 18.1. The van der Waals surface area contributed by atoms with Crippen LogP contribution in [0.4, 0.5) is 0 Å². The summed E-state index contributed by atoms with van der Waals surface area (Å²) in [4.78, 5) is 0. The molecule has 27 heavy (non-hydrogen) atoms. The summed E-state index contributed by atoms with van der Waals surface area (Å²) in [6.45, 7) is 0. The van der Waals surface area contributed by atoms with Crippen molar-refractivity contribution in [1.29, 1.82) is 0 Å². The maximum absolute atomic E-state index is 2.28. The van der Waals surface area contributed by atoms with Crippen molar-refractivity contribution in [1.82, 2.24) is 0 Å². The predicted molar refractivity (Wildman–Crippen MR) is 112 cm³/mol. The van der Waals surface area contributed by atoms with Crippen LogP contribution in [-0.2, 0) is 26.2 Å².